The molecule has 7 nitrogen and oxygen atoms in total. The van der Waals surface area contributed by atoms with Gasteiger partial charge in [0, 0.05) is 11.3 Å². The Morgan fingerprint density at radius 3 is 2.07 bits per heavy atom. The Bertz CT molecular complexity index is 1080. The SMILES string of the molecule is CC(=O)c1cccc(S(=O)(=O)Nc2ccc(S(=O)(=O)NCC(F)(F)F)cc2)c1. The van der Waals surface area contributed by atoms with Crippen LogP contribution in [-0.2, 0) is 20.0 Å². The second-order valence-corrected chi connectivity index (χ2v) is 9.10. The minimum Gasteiger partial charge on any atom is -0.295 e. The van der Waals surface area contributed by atoms with Crippen LogP contribution < -0.4 is 9.44 Å². The van der Waals surface area contributed by atoms with Gasteiger partial charge >= 0.3 is 6.18 Å². The maximum absolute atomic E-state index is 12.4. The quantitative estimate of drug-likeness (QED) is 0.649. The first-order valence-electron chi connectivity index (χ1n) is 7.60. The van der Waals surface area contributed by atoms with Crippen molar-refractivity contribution in [1.82, 2.24) is 4.72 Å². The minimum absolute atomic E-state index is 0.0111. The maximum atomic E-state index is 12.4. The van der Waals surface area contributed by atoms with Crippen molar-refractivity contribution in [3.05, 3.63) is 54.1 Å². The van der Waals surface area contributed by atoms with Crippen molar-refractivity contribution in [3.63, 3.8) is 0 Å². The molecule has 0 aliphatic rings. The lowest BCUT2D eigenvalue weighted by molar-refractivity contribution is -0.121. The van der Waals surface area contributed by atoms with Crippen LogP contribution in [0.5, 0.6) is 0 Å². The fraction of sp³-hybridized carbons (Fsp3) is 0.188. The molecule has 12 heteroatoms. The summed E-state index contributed by atoms with van der Waals surface area (Å²) >= 11 is 0. The van der Waals surface area contributed by atoms with Gasteiger partial charge in [0.05, 0.1) is 9.79 Å². The van der Waals surface area contributed by atoms with Gasteiger partial charge in [0.1, 0.15) is 6.54 Å². The number of Topliss-reactive ketones (excluding diaryl/α,β-unsaturated/α-hetero) is 1. The van der Waals surface area contributed by atoms with Crippen LogP contribution in [0.15, 0.2) is 58.3 Å². The third kappa shape index (κ3) is 5.78. The number of alkyl halides is 3. The van der Waals surface area contributed by atoms with E-state index in [2.05, 4.69) is 4.72 Å². The molecular weight excluding hydrogens is 421 g/mol. The summed E-state index contributed by atoms with van der Waals surface area (Å²) in [6, 6.07) is 9.41. The van der Waals surface area contributed by atoms with Gasteiger partial charge < -0.3 is 0 Å². The van der Waals surface area contributed by atoms with E-state index in [4.69, 9.17) is 0 Å². The molecule has 152 valence electrons. The maximum Gasteiger partial charge on any atom is 0.402 e. The van der Waals surface area contributed by atoms with E-state index in [0.717, 1.165) is 24.3 Å². The van der Waals surface area contributed by atoms with E-state index in [1.165, 1.54) is 35.9 Å². The zero-order valence-electron chi connectivity index (χ0n) is 14.3. The third-order valence-electron chi connectivity index (χ3n) is 3.43. The summed E-state index contributed by atoms with van der Waals surface area (Å²) < 4.78 is 88.5. The van der Waals surface area contributed by atoms with E-state index in [0.29, 0.717) is 0 Å². The average molecular weight is 436 g/mol. The number of ketones is 1. The molecule has 2 aromatic carbocycles. The topological polar surface area (TPSA) is 109 Å². The molecule has 0 radical (unpaired) electrons. The fourth-order valence-electron chi connectivity index (χ4n) is 2.06. The number of nitrogens with one attached hydrogen (secondary N) is 2. The number of anilines is 1. The molecule has 0 aliphatic carbocycles. The number of hydrogen-bond acceptors (Lipinski definition) is 5. The zero-order chi connectivity index (χ0) is 21.2. The van der Waals surface area contributed by atoms with Crippen LogP contribution >= 0.6 is 0 Å². The van der Waals surface area contributed by atoms with Gasteiger partial charge in [-0.05, 0) is 43.3 Å². The summed E-state index contributed by atoms with van der Waals surface area (Å²) in [6.45, 7) is -0.443. The number of rotatable bonds is 7. The van der Waals surface area contributed by atoms with Crippen molar-refractivity contribution in [3.8, 4) is 0 Å². The standard InChI is InChI=1S/C16H15F3N2O5S2/c1-11(22)12-3-2-4-15(9-12)28(25,26)21-13-5-7-14(8-6-13)27(23,24)20-10-16(17,18)19/h2-9,20-21H,10H2,1H3. The van der Waals surface area contributed by atoms with Crippen LogP contribution in [0.1, 0.15) is 17.3 Å². The van der Waals surface area contributed by atoms with Crippen LogP contribution in [0.3, 0.4) is 0 Å². The molecule has 0 spiro atoms. The largest absolute Gasteiger partial charge is 0.402 e. The van der Waals surface area contributed by atoms with Gasteiger partial charge in [0.15, 0.2) is 5.78 Å². The van der Waals surface area contributed by atoms with Gasteiger partial charge in [-0.15, -0.1) is 0 Å². The second-order valence-electron chi connectivity index (χ2n) is 5.65. The van der Waals surface area contributed by atoms with Crippen molar-refractivity contribution < 1.29 is 34.8 Å². The van der Waals surface area contributed by atoms with Gasteiger partial charge in [-0.3, -0.25) is 9.52 Å². The van der Waals surface area contributed by atoms with E-state index in [1.807, 2.05) is 0 Å². The molecule has 2 aromatic rings. The number of hydrogen-bond donors (Lipinski definition) is 2. The Balaban J connectivity index is 2.20. The highest BCUT2D eigenvalue weighted by Gasteiger charge is 2.30. The molecule has 0 heterocycles. The van der Waals surface area contributed by atoms with Crippen molar-refractivity contribution >= 4 is 31.5 Å². The molecule has 0 aromatic heterocycles. The molecule has 28 heavy (non-hydrogen) atoms. The Kier molecular flexibility index (Phi) is 6.16. The molecule has 2 N–H and O–H groups in total. The normalized spacial score (nSPS) is 12.6. The average Bonchev–Trinajstić information content (AvgIpc) is 2.60. The zero-order valence-corrected chi connectivity index (χ0v) is 16.0. The summed E-state index contributed by atoms with van der Waals surface area (Å²) in [5, 5.41) is 0. The van der Waals surface area contributed by atoms with Crippen LogP contribution in [0.4, 0.5) is 18.9 Å². The van der Waals surface area contributed by atoms with Gasteiger partial charge in [-0.2, -0.15) is 13.2 Å². The molecule has 0 saturated carbocycles. The fourth-order valence-corrected chi connectivity index (χ4v) is 4.18. The highest BCUT2D eigenvalue weighted by Crippen LogP contribution is 2.20. The molecular formula is C16H15F3N2O5S2. The number of benzene rings is 2. The van der Waals surface area contributed by atoms with Crippen molar-refractivity contribution in [2.24, 2.45) is 0 Å². The molecule has 0 bridgehead atoms. The van der Waals surface area contributed by atoms with Gasteiger partial charge in [0.2, 0.25) is 10.0 Å². The lowest BCUT2D eigenvalue weighted by atomic mass is 10.2. The summed E-state index contributed by atoms with van der Waals surface area (Å²) in [6.07, 6.45) is -4.71. The molecule has 0 amide bonds. The number of halogens is 3. The number of sulfonamides is 2. The molecule has 0 fully saturated rings. The van der Waals surface area contributed by atoms with E-state index >= 15 is 0 Å². The molecule has 0 saturated heterocycles. The summed E-state index contributed by atoms with van der Waals surface area (Å²) in [5.74, 6) is -0.321. The predicted molar refractivity (Wildman–Crippen MR) is 94.9 cm³/mol. The summed E-state index contributed by atoms with van der Waals surface area (Å²) in [5.41, 5.74) is 0.183. The van der Waals surface area contributed by atoms with Crippen molar-refractivity contribution in [2.75, 3.05) is 11.3 Å². The predicted octanol–water partition coefficient (Wildman–Crippen LogP) is 2.53. The van der Waals surface area contributed by atoms with Gasteiger partial charge in [-0.25, -0.2) is 21.6 Å². The Morgan fingerprint density at radius 1 is 0.929 bits per heavy atom. The van der Waals surface area contributed by atoms with E-state index in [9.17, 15) is 34.8 Å². The second kappa shape index (κ2) is 7.89. The first-order valence-corrected chi connectivity index (χ1v) is 10.6. The van der Waals surface area contributed by atoms with Gasteiger partial charge in [-0.1, -0.05) is 12.1 Å². The highest BCUT2D eigenvalue weighted by molar-refractivity contribution is 7.92. The lowest BCUT2D eigenvalue weighted by Gasteiger charge is -2.11. The first kappa shape index (κ1) is 21.9. The van der Waals surface area contributed by atoms with E-state index < -0.39 is 37.7 Å². The van der Waals surface area contributed by atoms with Crippen LogP contribution in [-0.4, -0.2) is 35.3 Å². The van der Waals surface area contributed by atoms with Crippen LogP contribution in [0.25, 0.3) is 0 Å². The number of carbonyl (C=O) groups is 1. The molecule has 0 unspecified atom stereocenters. The van der Waals surface area contributed by atoms with Crippen molar-refractivity contribution in [2.45, 2.75) is 22.9 Å². The molecule has 2 rings (SSSR count). The third-order valence-corrected chi connectivity index (χ3v) is 6.23. The Labute approximate surface area is 159 Å². The Hall–Kier alpha value is -2.44. The van der Waals surface area contributed by atoms with Crippen molar-refractivity contribution in [1.29, 1.82) is 0 Å². The minimum atomic E-state index is -4.71. The van der Waals surface area contributed by atoms with Gasteiger partial charge in [0.25, 0.3) is 10.0 Å². The first-order chi connectivity index (χ1) is 12.8. The highest BCUT2D eigenvalue weighted by atomic mass is 32.2. The lowest BCUT2D eigenvalue weighted by Crippen LogP contribution is -2.33. The summed E-state index contributed by atoms with van der Waals surface area (Å²) in [7, 11) is -8.47. The smallest absolute Gasteiger partial charge is 0.295 e. The number of carbonyl (C=O) groups excluding carboxylic acids is 1. The Morgan fingerprint density at radius 2 is 1.54 bits per heavy atom. The molecule has 0 atom stereocenters. The van der Waals surface area contributed by atoms with Crippen LogP contribution in [0, 0.1) is 0 Å². The molecule has 0 aliphatic heterocycles. The van der Waals surface area contributed by atoms with Crippen LogP contribution in [0.2, 0.25) is 0 Å². The summed E-state index contributed by atoms with van der Waals surface area (Å²) in [4.78, 5) is 10.7. The van der Waals surface area contributed by atoms with E-state index in [1.54, 1.807) is 0 Å². The monoisotopic (exact) mass is 436 g/mol. The van der Waals surface area contributed by atoms with E-state index in [-0.39, 0.29) is 21.9 Å².